The van der Waals surface area contributed by atoms with E-state index in [0.29, 0.717) is 5.92 Å². The molecular formula is C19H34O2. The first-order valence-corrected chi connectivity index (χ1v) is 8.63. The lowest BCUT2D eigenvalue weighted by Crippen LogP contribution is -2.28. The van der Waals surface area contributed by atoms with E-state index in [1.807, 2.05) is 20.8 Å². The lowest BCUT2D eigenvalue weighted by atomic mass is 9.81. The second kappa shape index (κ2) is 8.75. The van der Waals surface area contributed by atoms with E-state index in [1.165, 1.54) is 32.1 Å². The molecule has 0 aromatic rings. The molecule has 0 saturated carbocycles. The summed E-state index contributed by atoms with van der Waals surface area (Å²) in [6, 6.07) is 0. The molecule has 3 unspecified atom stereocenters. The van der Waals surface area contributed by atoms with Gasteiger partial charge in [-0.05, 0) is 61.8 Å². The van der Waals surface area contributed by atoms with E-state index < -0.39 is 12.2 Å². The third-order valence-electron chi connectivity index (χ3n) is 5.15. The molecule has 0 fully saturated rings. The second-order valence-corrected chi connectivity index (χ2v) is 6.87. The van der Waals surface area contributed by atoms with Crippen LogP contribution in [0.1, 0.15) is 79.6 Å². The predicted octanol–water partition coefficient (Wildman–Crippen LogP) is 4.76. The highest BCUT2D eigenvalue weighted by Crippen LogP contribution is 2.33. The first kappa shape index (κ1) is 18.4. The molecule has 0 aromatic carbocycles. The fourth-order valence-corrected chi connectivity index (χ4v) is 3.21. The zero-order valence-electron chi connectivity index (χ0n) is 14.6. The van der Waals surface area contributed by atoms with Crippen LogP contribution in [-0.2, 0) is 0 Å². The van der Waals surface area contributed by atoms with Crippen LogP contribution in [0.15, 0.2) is 22.3 Å². The first-order valence-electron chi connectivity index (χ1n) is 8.63. The SMILES string of the molecule is CCCCCCC(C)CCC1=C(C)C(O)C(C)=C(C)C1O. The summed E-state index contributed by atoms with van der Waals surface area (Å²) in [5.74, 6) is 0.693. The lowest BCUT2D eigenvalue weighted by Gasteiger charge is -2.30. The fourth-order valence-electron chi connectivity index (χ4n) is 3.21. The van der Waals surface area contributed by atoms with Crippen molar-refractivity contribution in [1.29, 1.82) is 0 Å². The van der Waals surface area contributed by atoms with Crippen LogP contribution in [0, 0.1) is 5.92 Å². The monoisotopic (exact) mass is 294 g/mol. The Labute approximate surface area is 131 Å². The Balaban J connectivity index is 2.50. The molecule has 0 spiro atoms. The van der Waals surface area contributed by atoms with Crippen LogP contribution in [-0.4, -0.2) is 22.4 Å². The van der Waals surface area contributed by atoms with Crippen molar-refractivity contribution in [3.63, 3.8) is 0 Å². The molecule has 0 bridgehead atoms. The zero-order valence-corrected chi connectivity index (χ0v) is 14.6. The van der Waals surface area contributed by atoms with Crippen molar-refractivity contribution in [2.24, 2.45) is 5.92 Å². The summed E-state index contributed by atoms with van der Waals surface area (Å²) in [5, 5.41) is 20.7. The standard InChI is InChI=1S/C19H34O2/c1-6-7-8-9-10-13(2)11-12-17-16(5)18(20)14(3)15(4)19(17)21/h13,18-21H,6-12H2,1-5H3. The summed E-state index contributed by atoms with van der Waals surface area (Å²) in [4.78, 5) is 0. The summed E-state index contributed by atoms with van der Waals surface area (Å²) >= 11 is 0. The van der Waals surface area contributed by atoms with Crippen LogP contribution < -0.4 is 0 Å². The highest BCUT2D eigenvalue weighted by atomic mass is 16.3. The highest BCUT2D eigenvalue weighted by molar-refractivity contribution is 5.40. The van der Waals surface area contributed by atoms with Crippen molar-refractivity contribution in [1.82, 2.24) is 0 Å². The summed E-state index contributed by atoms with van der Waals surface area (Å²) in [6.07, 6.45) is 7.59. The quantitative estimate of drug-likeness (QED) is 0.500. The van der Waals surface area contributed by atoms with E-state index >= 15 is 0 Å². The smallest absolute Gasteiger partial charge is 0.0965 e. The van der Waals surface area contributed by atoms with Gasteiger partial charge in [0.2, 0.25) is 0 Å². The Morgan fingerprint density at radius 2 is 1.48 bits per heavy atom. The van der Waals surface area contributed by atoms with E-state index in [2.05, 4.69) is 13.8 Å². The molecule has 122 valence electrons. The molecule has 2 nitrogen and oxygen atoms in total. The Morgan fingerprint density at radius 3 is 2.10 bits per heavy atom. The minimum atomic E-state index is -0.497. The van der Waals surface area contributed by atoms with Crippen molar-refractivity contribution >= 4 is 0 Å². The molecule has 21 heavy (non-hydrogen) atoms. The predicted molar refractivity (Wildman–Crippen MR) is 90.2 cm³/mol. The summed E-state index contributed by atoms with van der Waals surface area (Å²) in [5.41, 5.74) is 3.85. The summed E-state index contributed by atoms with van der Waals surface area (Å²) < 4.78 is 0. The van der Waals surface area contributed by atoms with Gasteiger partial charge < -0.3 is 10.2 Å². The summed E-state index contributed by atoms with van der Waals surface area (Å²) in [6.45, 7) is 10.4. The average Bonchev–Trinajstić information content (AvgIpc) is 2.47. The maximum Gasteiger partial charge on any atom is 0.0965 e. The number of hydrogen-bond acceptors (Lipinski definition) is 2. The van der Waals surface area contributed by atoms with Gasteiger partial charge in [0, 0.05) is 0 Å². The van der Waals surface area contributed by atoms with Gasteiger partial charge >= 0.3 is 0 Å². The average molecular weight is 294 g/mol. The maximum atomic E-state index is 10.4. The second-order valence-electron chi connectivity index (χ2n) is 6.87. The van der Waals surface area contributed by atoms with Crippen molar-refractivity contribution in [2.45, 2.75) is 91.8 Å². The molecule has 0 heterocycles. The van der Waals surface area contributed by atoms with Crippen LogP contribution in [0.3, 0.4) is 0 Å². The first-order chi connectivity index (χ1) is 9.90. The van der Waals surface area contributed by atoms with Crippen molar-refractivity contribution in [3.05, 3.63) is 22.3 Å². The Morgan fingerprint density at radius 1 is 0.857 bits per heavy atom. The highest BCUT2D eigenvalue weighted by Gasteiger charge is 2.28. The van der Waals surface area contributed by atoms with Crippen LogP contribution in [0.5, 0.6) is 0 Å². The van der Waals surface area contributed by atoms with Gasteiger partial charge in [-0.2, -0.15) is 0 Å². The molecule has 0 radical (unpaired) electrons. The van der Waals surface area contributed by atoms with E-state index in [-0.39, 0.29) is 0 Å². The number of rotatable bonds is 8. The Kier molecular flexibility index (Phi) is 7.69. The molecule has 1 aliphatic carbocycles. The molecule has 1 rings (SSSR count). The van der Waals surface area contributed by atoms with Gasteiger partial charge in [0.15, 0.2) is 0 Å². The molecule has 0 saturated heterocycles. The number of aliphatic hydroxyl groups excluding tert-OH is 2. The third-order valence-corrected chi connectivity index (χ3v) is 5.15. The zero-order chi connectivity index (χ0) is 16.0. The number of hydrogen-bond donors (Lipinski definition) is 2. The van der Waals surface area contributed by atoms with Gasteiger partial charge in [0.1, 0.15) is 0 Å². The van der Waals surface area contributed by atoms with Crippen molar-refractivity contribution < 1.29 is 10.2 Å². The van der Waals surface area contributed by atoms with Crippen molar-refractivity contribution in [3.8, 4) is 0 Å². The molecule has 1 aliphatic rings. The van der Waals surface area contributed by atoms with E-state index in [0.717, 1.165) is 35.1 Å². The number of unbranched alkanes of at least 4 members (excludes halogenated alkanes) is 3. The topological polar surface area (TPSA) is 40.5 Å². The van der Waals surface area contributed by atoms with Crippen LogP contribution in [0.4, 0.5) is 0 Å². The maximum absolute atomic E-state index is 10.4. The lowest BCUT2D eigenvalue weighted by molar-refractivity contribution is 0.197. The van der Waals surface area contributed by atoms with Gasteiger partial charge in [-0.1, -0.05) is 46.0 Å². The molecule has 0 aliphatic heterocycles. The van der Waals surface area contributed by atoms with Gasteiger partial charge in [-0.25, -0.2) is 0 Å². The van der Waals surface area contributed by atoms with E-state index in [1.54, 1.807) is 0 Å². The normalized spacial score (nSPS) is 24.7. The molecule has 3 atom stereocenters. The van der Waals surface area contributed by atoms with Crippen molar-refractivity contribution in [2.75, 3.05) is 0 Å². The Bertz CT molecular complexity index is 392. The van der Waals surface area contributed by atoms with Gasteiger partial charge in [-0.15, -0.1) is 0 Å². The molecule has 0 aromatic heterocycles. The van der Waals surface area contributed by atoms with Crippen LogP contribution >= 0.6 is 0 Å². The fraction of sp³-hybridized carbons (Fsp3) is 0.789. The number of aliphatic hydroxyl groups is 2. The third kappa shape index (κ3) is 4.96. The molecule has 2 heteroatoms. The Hall–Kier alpha value is -0.600. The van der Waals surface area contributed by atoms with Crippen LogP contribution in [0.25, 0.3) is 0 Å². The van der Waals surface area contributed by atoms with Crippen LogP contribution in [0.2, 0.25) is 0 Å². The van der Waals surface area contributed by atoms with Gasteiger partial charge in [-0.3, -0.25) is 0 Å². The van der Waals surface area contributed by atoms with Gasteiger partial charge in [0.25, 0.3) is 0 Å². The van der Waals surface area contributed by atoms with Gasteiger partial charge in [0.05, 0.1) is 12.2 Å². The largest absolute Gasteiger partial charge is 0.384 e. The minimum absolute atomic E-state index is 0.485. The molecule has 0 amide bonds. The summed E-state index contributed by atoms with van der Waals surface area (Å²) in [7, 11) is 0. The van der Waals surface area contributed by atoms with E-state index in [9.17, 15) is 10.2 Å². The van der Waals surface area contributed by atoms with E-state index in [4.69, 9.17) is 0 Å². The minimum Gasteiger partial charge on any atom is -0.384 e. The molecular weight excluding hydrogens is 260 g/mol. The molecule has 2 N–H and O–H groups in total.